The van der Waals surface area contributed by atoms with Crippen molar-refractivity contribution in [2.45, 2.75) is 49.8 Å². The first-order chi connectivity index (χ1) is 7.90. The molecule has 0 aromatic rings. The first-order valence-electron chi connectivity index (χ1n) is 6.87. The Kier molecular flexibility index (Phi) is 5.46. The van der Waals surface area contributed by atoms with Gasteiger partial charge in [0.2, 0.25) is 0 Å². The molecule has 0 radical (unpaired) electrons. The van der Waals surface area contributed by atoms with Crippen molar-refractivity contribution < 1.29 is 0 Å². The van der Waals surface area contributed by atoms with Gasteiger partial charge in [0.15, 0.2) is 0 Å². The Balaban J connectivity index is 1.70. The second-order valence-electron chi connectivity index (χ2n) is 5.27. The first kappa shape index (κ1) is 12.7. The summed E-state index contributed by atoms with van der Waals surface area (Å²) in [5.41, 5.74) is 0. The molecule has 2 nitrogen and oxygen atoms in total. The van der Waals surface area contributed by atoms with Gasteiger partial charge in [-0.15, -0.1) is 0 Å². The van der Waals surface area contributed by atoms with Crippen LogP contribution in [0.25, 0.3) is 0 Å². The lowest BCUT2D eigenvalue weighted by Gasteiger charge is -2.33. The van der Waals surface area contributed by atoms with Crippen LogP contribution in [0.5, 0.6) is 0 Å². The molecular weight excluding hydrogens is 216 g/mol. The molecule has 0 aromatic carbocycles. The third kappa shape index (κ3) is 3.64. The van der Waals surface area contributed by atoms with Crippen molar-refractivity contribution in [2.24, 2.45) is 5.92 Å². The van der Waals surface area contributed by atoms with Gasteiger partial charge in [0.1, 0.15) is 0 Å². The highest BCUT2D eigenvalue weighted by Gasteiger charge is 2.24. The van der Waals surface area contributed by atoms with Crippen LogP contribution in [0.2, 0.25) is 0 Å². The van der Waals surface area contributed by atoms with Gasteiger partial charge in [-0.25, -0.2) is 0 Å². The standard InChI is InChI=1S/C13H26N2S/c1-16-13-5-3-2-4-12(13)15-10-11-6-8-14-9-7-11/h11-15H,2-10H2,1H3. The summed E-state index contributed by atoms with van der Waals surface area (Å²) in [6, 6.07) is 0.790. The van der Waals surface area contributed by atoms with Crippen LogP contribution in [0.4, 0.5) is 0 Å². The summed E-state index contributed by atoms with van der Waals surface area (Å²) in [6.45, 7) is 3.70. The zero-order valence-electron chi connectivity index (χ0n) is 10.5. The fourth-order valence-electron chi connectivity index (χ4n) is 3.02. The monoisotopic (exact) mass is 242 g/mol. The molecule has 1 aliphatic heterocycles. The van der Waals surface area contributed by atoms with E-state index in [9.17, 15) is 0 Å². The Morgan fingerprint density at radius 1 is 1.12 bits per heavy atom. The molecule has 3 heteroatoms. The summed E-state index contributed by atoms with van der Waals surface area (Å²) in [5, 5.41) is 8.16. The first-order valence-corrected chi connectivity index (χ1v) is 8.16. The van der Waals surface area contributed by atoms with Crippen LogP contribution in [-0.4, -0.2) is 37.2 Å². The summed E-state index contributed by atoms with van der Waals surface area (Å²) in [5.74, 6) is 0.922. The number of hydrogen-bond acceptors (Lipinski definition) is 3. The molecule has 1 heterocycles. The maximum Gasteiger partial charge on any atom is 0.0198 e. The van der Waals surface area contributed by atoms with E-state index in [4.69, 9.17) is 0 Å². The van der Waals surface area contributed by atoms with Gasteiger partial charge in [0, 0.05) is 11.3 Å². The highest BCUT2D eigenvalue weighted by atomic mass is 32.2. The molecule has 0 bridgehead atoms. The third-order valence-electron chi connectivity index (χ3n) is 4.13. The predicted octanol–water partition coefficient (Wildman–Crippen LogP) is 2.25. The van der Waals surface area contributed by atoms with Crippen LogP contribution in [0, 0.1) is 5.92 Å². The lowest BCUT2D eigenvalue weighted by molar-refractivity contribution is 0.313. The summed E-state index contributed by atoms with van der Waals surface area (Å²) in [4.78, 5) is 0. The molecule has 2 aliphatic rings. The van der Waals surface area contributed by atoms with Gasteiger partial charge in [-0.05, 0) is 57.5 Å². The molecule has 2 unspecified atom stereocenters. The van der Waals surface area contributed by atoms with Crippen molar-refractivity contribution in [3.05, 3.63) is 0 Å². The lowest BCUT2D eigenvalue weighted by atomic mass is 9.93. The highest BCUT2D eigenvalue weighted by molar-refractivity contribution is 7.99. The Hall–Kier alpha value is 0.270. The summed E-state index contributed by atoms with van der Waals surface area (Å²) in [6.07, 6.45) is 10.7. The molecule has 2 rings (SSSR count). The molecule has 94 valence electrons. The largest absolute Gasteiger partial charge is 0.317 e. The molecule has 1 saturated carbocycles. The lowest BCUT2D eigenvalue weighted by Crippen LogP contribution is -2.44. The second kappa shape index (κ2) is 6.87. The molecule has 16 heavy (non-hydrogen) atoms. The summed E-state index contributed by atoms with van der Waals surface area (Å²) >= 11 is 2.07. The third-order valence-corrected chi connectivity index (χ3v) is 5.30. The van der Waals surface area contributed by atoms with Crippen molar-refractivity contribution in [1.29, 1.82) is 0 Å². The number of hydrogen-bond donors (Lipinski definition) is 2. The Morgan fingerprint density at radius 3 is 2.62 bits per heavy atom. The van der Waals surface area contributed by atoms with Gasteiger partial charge in [-0.2, -0.15) is 11.8 Å². The minimum absolute atomic E-state index is 0.790. The van der Waals surface area contributed by atoms with E-state index in [2.05, 4.69) is 28.7 Å². The van der Waals surface area contributed by atoms with Crippen molar-refractivity contribution in [3.63, 3.8) is 0 Å². The van der Waals surface area contributed by atoms with Crippen LogP contribution in [0.1, 0.15) is 38.5 Å². The number of thioether (sulfide) groups is 1. The summed E-state index contributed by atoms with van der Waals surface area (Å²) < 4.78 is 0. The average molecular weight is 242 g/mol. The van der Waals surface area contributed by atoms with Crippen LogP contribution >= 0.6 is 11.8 Å². The number of rotatable bonds is 4. The molecule has 0 aromatic heterocycles. The smallest absolute Gasteiger partial charge is 0.0198 e. The van der Waals surface area contributed by atoms with Crippen molar-refractivity contribution in [1.82, 2.24) is 10.6 Å². The number of piperidine rings is 1. The van der Waals surface area contributed by atoms with Crippen molar-refractivity contribution in [3.8, 4) is 0 Å². The molecular formula is C13H26N2S. The second-order valence-corrected chi connectivity index (χ2v) is 6.34. The quantitative estimate of drug-likeness (QED) is 0.791. The van der Waals surface area contributed by atoms with Gasteiger partial charge in [0.05, 0.1) is 0 Å². The molecule has 0 amide bonds. The van der Waals surface area contributed by atoms with E-state index >= 15 is 0 Å². The van der Waals surface area contributed by atoms with E-state index in [-0.39, 0.29) is 0 Å². The maximum atomic E-state index is 3.84. The fourth-order valence-corrected chi connectivity index (χ4v) is 3.98. The molecule has 1 aliphatic carbocycles. The van der Waals surface area contributed by atoms with Gasteiger partial charge in [0.25, 0.3) is 0 Å². The fraction of sp³-hybridized carbons (Fsp3) is 1.00. The van der Waals surface area contributed by atoms with E-state index in [0.29, 0.717) is 0 Å². The zero-order chi connectivity index (χ0) is 11.2. The van der Waals surface area contributed by atoms with E-state index in [1.807, 2.05) is 0 Å². The van der Waals surface area contributed by atoms with Crippen LogP contribution in [-0.2, 0) is 0 Å². The van der Waals surface area contributed by atoms with E-state index < -0.39 is 0 Å². The van der Waals surface area contributed by atoms with Gasteiger partial charge < -0.3 is 10.6 Å². The molecule has 2 fully saturated rings. The molecule has 2 atom stereocenters. The Morgan fingerprint density at radius 2 is 1.88 bits per heavy atom. The molecule has 2 N–H and O–H groups in total. The average Bonchev–Trinajstić information content (AvgIpc) is 2.38. The van der Waals surface area contributed by atoms with Crippen LogP contribution < -0.4 is 10.6 Å². The van der Waals surface area contributed by atoms with E-state index in [1.54, 1.807) is 0 Å². The minimum Gasteiger partial charge on any atom is -0.317 e. The Labute approximate surface area is 104 Å². The zero-order valence-corrected chi connectivity index (χ0v) is 11.3. The van der Waals surface area contributed by atoms with E-state index in [0.717, 1.165) is 17.2 Å². The predicted molar refractivity (Wildman–Crippen MR) is 73.2 cm³/mol. The maximum absolute atomic E-state index is 3.84. The summed E-state index contributed by atoms with van der Waals surface area (Å²) in [7, 11) is 0. The molecule has 1 saturated heterocycles. The topological polar surface area (TPSA) is 24.1 Å². The van der Waals surface area contributed by atoms with Gasteiger partial charge in [-0.3, -0.25) is 0 Å². The normalized spacial score (nSPS) is 32.8. The number of nitrogens with one attached hydrogen (secondary N) is 2. The van der Waals surface area contributed by atoms with Gasteiger partial charge >= 0.3 is 0 Å². The van der Waals surface area contributed by atoms with Crippen molar-refractivity contribution in [2.75, 3.05) is 25.9 Å². The van der Waals surface area contributed by atoms with Crippen LogP contribution in [0.15, 0.2) is 0 Å². The van der Waals surface area contributed by atoms with Crippen LogP contribution in [0.3, 0.4) is 0 Å². The Bertz CT molecular complexity index is 192. The van der Waals surface area contributed by atoms with Crippen molar-refractivity contribution >= 4 is 11.8 Å². The highest BCUT2D eigenvalue weighted by Crippen LogP contribution is 2.27. The van der Waals surface area contributed by atoms with E-state index in [1.165, 1.54) is 58.2 Å². The SMILES string of the molecule is CSC1CCCCC1NCC1CCNCC1. The molecule has 0 spiro atoms. The minimum atomic E-state index is 0.790. The van der Waals surface area contributed by atoms with Gasteiger partial charge in [-0.1, -0.05) is 12.8 Å².